The fourth-order valence-corrected chi connectivity index (χ4v) is 4.79. The van der Waals surface area contributed by atoms with Crippen LogP contribution in [0.5, 0.6) is 0 Å². The van der Waals surface area contributed by atoms with E-state index in [-0.39, 0.29) is 24.1 Å². The SMILES string of the molecule is COC(=O)C(CCCN)NC(=O)C(CCCCN)NC(=O)C(=O)c1cc(Br)ccc1NC(=O)c1ccc2ccccc2c1. The van der Waals surface area contributed by atoms with Crippen LogP contribution in [0, 0.1) is 0 Å². The standard InChI is InChI=1S/C31H36BrN5O6/c1-43-31(42)26(10-6-16-34)37-29(40)25(9-4-5-15-33)36-30(41)27(38)23-18-22(32)13-14-24(23)35-28(39)21-12-11-19-7-2-3-8-20(19)17-21/h2-3,7-8,11-14,17-18,25-26H,4-6,9-10,15-16,33-34H2,1H3,(H,35,39)(H,36,41)(H,37,40). The number of nitrogens with one attached hydrogen (secondary N) is 3. The van der Waals surface area contributed by atoms with E-state index in [1.54, 1.807) is 18.2 Å². The molecule has 0 heterocycles. The van der Waals surface area contributed by atoms with Gasteiger partial charge in [0.15, 0.2) is 0 Å². The number of hydrogen-bond acceptors (Lipinski definition) is 8. The third kappa shape index (κ3) is 9.43. The van der Waals surface area contributed by atoms with Gasteiger partial charge in [-0.05, 0) is 86.3 Å². The van der Waals surface area contributed by atoms with E-state index in [1.165, 1.54) is 19.2 Å². The third-order valence-electron chi connectivity index (χ3n) is 6.76. The summed E-state index contributed by atoms with van der Waals surface area (Å²) >= 11 is 3.31. The van der Waals surface area contributed by atoms with Gasteiger partial charge in [0.05, 0.1) is 18.4 Å². The molecule has 0 saturated heterocycles. The van der Waals surface area contributed by atoms with Gasteiger partial charge in [0.2, 0.25) is 5.91 Å². The Morgan fingerprint density at radius 2 is 1.51 bits per heavy atom. The zero-order valence-electron chi connectivity index (χ0n) is 23.9. The van der Waals surface area contributed by atoms with Crippen molar-refractivity contribution in [3.05, 3.63) is 76.3 Å². The molecular formula is C31H36BrN5O6. The molecule has 228 valence electrons. The Bertz CT molecular complexity index is 1480. The summed E-state index contributed by atoms with van der Waals surface area (Å²) in [5.41, 5.74) is 11.6. The van der Waals surface area contributed by atoms with Crippen molar-refractivity contribution in [1.29, 1.82) is 0 Å². The Labute approximate surface area is 258 Å². The number of nitrogens with two attached hydrogens (primary N) is 2. The highest BCUT2D eigenvalue weighted by Gasteiger charge is 2.30. The first-order chi connectivity index (χ1) is 20.7. The zero-order chi connectivity index (χ0) is 31.4. The number of carbonyl (C=O) groups is 5. The molecule has 3 amide bonds. The average Bonchev–Trinajstić information content (AvgIpc) is 3.02. The van der Waals surface area contributed by atoms with Crippen LogP contribution in [0.2, 0.25) is 0 Å². The minimum absolute atomic E-state index is 0.0717. The summed E-state index contributed by atoms with van der Waals surface area (Å²) in [7, 11) is 1.21. The van der Waals surface area contributed by atoms with Crippen molar-refractivity contribution in [2.24, 2.45) is 11.5 Å². The minimum atomic E-state index is -1.13. The van der Waals surface area contributed by atoms with Crippen molar-refractivity contribution in [3.8, 4) is 0 Å². The molecule has 0 aliphatic carbocycles. The molecule has 12 heteroatoms. The Balaban J connectivity index is 1.80. The number of halogens is 1. The second-order valence-electron chi connectivity index (χ2n) is 9.86. The Morgan fingerprint density at radius 3 is 2.21 bits per heavy atom. The smallest absolute Gasteiger partial charge is 0.328 e. The van der Waals surface area contributed by atoms with Crippen LogP contribution in [0.25, 0.3) is 10.8 Å². The lowest BCUT2D eigenvalue weighted by molar-refractivity contribution is -0.145. The number of unbranched alkanes of at least 4 members (excludes halogenated alkanes) is 1. The Kier molecular flexibility index (Phi) is 12.8. The van der Waals surface area contributed by atoms with E-state index in [0.29, 0.717) is 42.4 Å². The second kappa shape index (κ2) is 16.5. The molecule has 0 saturated carbocycles. The van der Waals surface area contributed by atoms with Gasteiger partial charge in [-0.25, -0.2) is 4.79 Å². The van der Waals surface area contributed by atoms with Crippen LogP contribution in [0.1, 0.15) is 52.8 Å². The van der Waals surface area contributed by atoms with E-state index in [9.17, 15) is 24.0 Å². The fourth-order valence-electron chi connectivity index (χ4n) is 4.43. The predicted molar refractivity (Wildman–Crippen MR) is 167 cm³/mol. The van der Waals surface area contributed by atoms with Crippen molar-refractivity contribution in [3.63, 3.8) is 0 Å². The lowest BCUT2D eigenvalue weighted by atomic mass is 10.0. The topological polar surface area (TPSA) is 183 Å². The molecular weight excluding hydrogens is 618 g/mol. The molecule has 0 aliphatic heterocycles. The predicted octanol–water partition coefficient (Wildman–Crippen LogP) is 3.05. The number of ketones is 1. The first-order valence-corrected chi connectivity index (χ1v) is 14.7. The normalized spacial score (nSPS) is 12.2. The minimum Gasteiger partial charge on any atom is -0.467 e. The van der Waals surface area contributed by atoms with Crippen molar-refractivity contribution < 1.29 is 28.7 Å². The quantitative estimate of drug-likeness (QED) is 0.0717. The summed E-state index contributed by atoms with van der Waals surface area (Å²) in [6.07, 6.45) is 1.95. The van der Waals surface area contributed by atoms with Crippen LogP contribution < -0.4 is 27.4 Å². The van der Waals surface area contributed by atoms with Gasteiger partial charge in [0.25, 0.3) is 17.6 Å². The summed E-state index contributed by atoms with van der Waals surface area (Å²) in [4.78, 5) is 65.1. The summed E-state index contributed by atoms with van der Waals surface area (Å²) in [6.45, 7) is 0.682. The molecule has 2 unspecified atom stereocenters. The van der Waals surface area contributed by atoms with Gasteiger partial charge in [-0.3, -0.25) is 19.2 Å². The lowest BCUT2D eigenvalue weighted by Gasteiger charge is -2.22. The largest absolute Gasteiger partial charge is 0.467 e. The van der Waals surface area contributed by atoms with E-state index in [2.05, 4.69) is 31.9 Å². The number of methoxy groups -OCH3 is 1. The van der Waals surface area contributed by atoms with Crippen LogP contribution in [-0.4, -0.2) is 61.8 Å². The molecule has 7 N–H and O–H groups in total. The lowest BCUT2D eigenvalue weighted by Crippen LogP contribution is -2.53. The molecule has 0 spiro atoms. The molecule has 0 radical (unpaired) electrons. The number of hydrogen-bond donors (Lipinski definition) is 5. The van der Waals surface area contributed by atoms with E-state index < -0.39 is 41.6 Å². The van der Waals surface area contributed by atoms with Crippen molar-refractivity contribution in [2.75, 3.05) is 25.5 Å². The van der Waals surface area contributed by atoms with E-state index in [4.69, 9.17) is 16.2 Å². The average molecular weight is 655 g/mol. The van der Waals surface area contributed by atoms with Crippen molar-refractivity contribution in [2.45, 2.75) is 44.2 Å². The van der Waals surface area contributed by atoms with Crippen molar-refractivity contribution in [1.82, 2.24) is 10.6 Å². The first kappa shape index (κ1) is 33.4. The van der Waals surface area contributed by atoms with Gasteiger partial charge in [-0.2, -0.15) is 0 Å². The molecule has 43 heavy (non-hydrogen) atoms. The molecule has 3 rings (SSSR count). The highest BCUT2D eigenvalue weighted by Crippen LogP contribution is 2.24. The van der Waals surface area contributed by atoms with Crippen molar-refractivity contribution >= 4 is 61.9 Å². The van der Waals surface area contributed by atoms with E-state index in [1.807, 2.05) is 30.3 Å². The number of fused-ring (bicyclic) bond motifs is 1. The van der Waals surface area contributed by atoms with Crippen LogP contribution in [0.15, 0.2) is 65.1 Å². The van der Waals surface area contributed by atoms with E-state index in [0.717, 1.165) is 10.8 Å². The molecule has 2 atom stereocenters. The van der Waals surface area contributed by atoms with Gasteiger partial charge < -0.3 is 32.2 Å². The third-order valence-corrected chi connectivity index (χ3v) is 7.25. The molecule has 0 fully saturated rings. The highest BCUT2D eigenvalue weighted by atomic mass is 79.9. The number of rotatable bonds is 15. The first-order valence-electron chi connectivity index (χ1n) is 13.9. The summed E-state index contributed by atoms with van der Waals surface area (Å²) < 4.78 is 5.29. The van der Waals surface area contributed by atoms with Crippen LogP contribution in [0.4, 0.5) is 5.69 Å². The molecule has 0 bridgehead atoms. The monoisotopic (exact) mass is 653 g/mol. The van der Waals surface area contributed by atoms with Crippen LogP contribution >= 0.6 is 15.9 Å². The van der Waals surface area contributed by atoms with Crippen LogP contribution in [-0.2, 0) is 19.1 Å². The van der Waals surface area contributed by atoms with Gasteiger partial charge in [0, 0.05) is 10.0 Å². The fraction of sp³-hybridized carbons (Fsp3) is 0.323. The van der Waals surface area contributed by atoms with Gasteiger partial charge in [-0.1, -0.05) is 46.3 Å². The van der Waals surface area contributed by atoms with Gasteiger partial charge >= 0.3 is 5.97 Å². The zero-order valence-corrected chi connectivity index (χ0v) is 25.4. The Hall–Kier alpha value is -4.13. The molecule has 0 aliphatic rings. The second-order valence-corrected chi connectivity index (χ2v) is 10.8. The maximum atomic E-state index is 13.4. The highest BCUT2D eigenvalue weighted by molar-refractivity contribution is 9.10. The molecule has 0 aromatic heterocycles. The molecule has 3 aromatic rings. The van der Waals surface area contributed by atoms with Crippen LogP contribution in [0.3, 0.4) is 0 Å². The summed E-state index contributed by atoms with van der Waals surface area (Å²) in [5.74, 6) is -3.77. The maximum Gasteiger partial charge on any atom is 0.328 e. The number of ether oxygens (including phenoxy) is 1. The number of esters is 1. The number of Topliss-reactive ketones (excluding diaryl/α,β-unsaturated/α-hetero) is 1. The molecule has 3 aromatic carbocycles. The summed E-state index contributed by atoms with van der Waals surface area (Å²) in [6, 6.07) is 15.3. The van der Waals surface area contributed by atoms with E-state index >= 15 is 0 Å². The number of benzene rings is 3. The molecule has 11 nitrogen and oxygen atoms in total. The number of amides is 3. The number of carbonyl (C=O) groups excluding carboxylic acids is 5. The van der Waals surface area contributed by atoms with Gasteiger partial charge in [-0.15, -0.1) is 0 Å². The summed E-state index contributed by atoms with van der Waals surface area (Å²) in [5, 5.41) is 9.66. The Morgan fingerprint density at radius 1 is 0.814 bits per heavy atom. The maximum absolute atomic E-state index is 13.4. The van der Waals surface area contributed by atoms with Gasteiger partial charge in [0.1, 0.15) is 12.1 Å². The number of anilines is 1.